The van der Waals surface area contributed by atoms with E-state index in [0.29, 0.717) is 17.8 Å². The quantitative estimate of drug-likeness (QED) is 0.867. The largest absolute Gasteiger partial charge is 0.382 e. The molecule has 0 spiro atoms. The van der Waals surface area contributed by atoms with Crippen molar-refractivity contribution in [3.05, 3.63) is 10.4 Å². The second kappa shape index (κ2) is 5.93. The van der Waals surface area contributed by atoms with Crippen molar-refractivity contribution in [2.45, 2.75) is 46.1 Å². The predicted octanol–water partition coefficient (Wildman–Crippen LogP) is 4.17. The Bertz CT molecular complexity index is 613. The fourth-order valence-corrected chi connectivity index (χ4v) is 3.97. The standard InChI is InChI=1S/C15H22N4S2/c1-9(2)6-7-19(11-4-5-11)15-13(14(16)18-21-15)12-8-20-10(3)17-12/h8-9,11H,4-7H2,1-3H3,(H2,16,18). The van der Waals surface area contributed by atoms with Crippen molar-refractivity contribution in [2.24, 2.45) is 5.92 Å². The third kappa shape index (κ3) is 3.21. The Morgan fingerprint density at radius 3 is 2.76 bits per heavy atom. The number of anilines is 2. The number of aryl methyl sites for hydroxylation is 1. The normalized spacial score (nSPS) is 14.9. The molecule has 1 aliphatic rings. The van der Waals surface area contributed by atoms with E-state index in [1.807, 2.05) is 6.92 Å². The third-order valence-corrected chi connectivity index (χ3v) is 5.44. The van der Waals surface area contributed by atoms with Gasteiger partial charge in [0.05, 0.1) is 16.3 Å². The molecule has 2 aromatic rings. The van der Waals surface area contributed by atoms with Crippen molar-refractivity contribution in [1.82, 2.24) is 9.36 Å². The molecule has 0 amide bonds. The van der Waals surface area contributed by atoms with Gasteiger partial charge in [0.1, 0.15) is 10.8 Å². The molecule has 0 bridgehead atoms. The number of thiazole rings is 1. The number of hydrogen-bond acceptors (Lipinski definition) is 6. The molecule has 1 aliphatic carbocycles. The molecular weight excluding hydrogens is 300 g/mol. The zero-order valence-corrected chi connectivity index (χ0v) is 14.4. The molecule has 1 saturated carbocycles. The van der Waals surface area contributed by atoms with Gasteiger partial charge in [-0.1, -0.05) is 13.8 Å². The molecule has 0 aromatic carbocycles. The minimum atomic E-state index is 0.621. The molecule has 21 heavy (non-hydrogen) atoms. The summed E-state index contributed by atoms with van der Waals surface area (Å²) < 4.78 is 4.40. The van der Waals surface area contributed by atoms with Crippen LogP contribution in [0.1, 0.15) is 38.1 Å². The van der Waals surface area contributed by atoms with Crippen molar-refractivity contribution in [2.75, 3.05) is 17.2 Å². The number of aromatic nitrogens is 2. The van der Waals surface area contributed by atoms with Crippen LogP contribution in [0.2, 0.25) is 0 Å². The Morgan fingerprint density at radius 2 is 2.19 bits per heavy atom. The van der Waals surface area contributed by atoms with Gasteiger partial charge in [0, 0.05) is 18.0 Å². The molecule has 0 aliphatic heterocycles. The maximum absolute atomic E-state index is 6.13. The summed E-state index contributed by atoms with van der Waals surface area (Å²) in [6, 6.07) is 0.669. The lowest BCUT2D eigenvalue weighted by atomic mass is 10.1. The van der Waals surface area contributed by atoms with Crippen LogP contribution in [-0.4, -0.2) is 21.9 Å². The topological polar surface area (TPSA) is 55.0 Å². The fourth-order valence-electron chi connectivity index (χ4n) is 2.44. The lowest BCUT2D eigenvalue weighted by molar-refractivity contribution is 0.572. The van der Waals surface area contributed by atoms with Gasteiger partial charge in [0.2, 0.25) is 0 Å². The Labute approximate surface area is 134 Å². The number of nitrogens with two attached hydrogens (primary N) is 1. The summed E-state index contributed by atoms with van der Waals surface area (Å²) in [5.41, 5.74) is 8.16. The number of rotatable bonds is 6. The van der Waals surface area contributed by atoms with Gasteiger partial charge in [-0.3, -0.25) is 0 Å². The summed E-state index contributed by atoms with van der Waals surface area (Å²) in [6.45, 7) is 7.66. The molecule has 3 rings (SSSR count). The SMILES string of the molecule is Cc1nc(-c2c(N)nsc2N(CCC(C)C)C2CC2)cs1. The van der Waals surface area contributed by atoms with Crippen LogP contribution in [0, 0.1) is 12.8 Å². The van der Waals surface area contributed by atoms with Crippen LogP contribution in [0.4, 0.5) is 10.8 Å². The Kier molecular flexibility index (Phi) is 4.17. The molecule has 2 N–H and O–H groups in total. The highest BCUT2D eigenvalue weighted by molar-refractivity contribution is 7.11. The number of hydrogen-bond donors (Lipinski definition) is 1. The van der Waals surface area contributed by atoms with E-state index in [1.54, 1.807) is 11.3 Å². The smallest absolute Gasteiger partial charge is 0.148 e. The molecule has 1 fully saturated rings. The highest BCUT2D eigenvalue weighted by Crippen LogP contribution is 2.43. The Hall–Kier alpha value is -1.14. The number of nitrogens with zero attached hydrogens (tertiary/aromatic N) is 3. The van der Waals surface area contributed by atoms with Crippen LogP contribution < -0.4 is 10.6 Å². The zero-order valence-electron chi connectivity index (χ0n) is 12.8. The van der Waals surface area contributed by atoms with Crippen LogP contribution >= 0.6 is 22.9 Å². The van der Waals surface area contributed by atoms with Crippen LogP contribution in [0.15, 0.2) is 5.38 Å². The molecule has 0 saturated heterocycles. The van der Waals surface area contributed by atoms with E-state index in [4.69, 9.17) is 5.73 Å². The number of nitrogen functional groups attached to an aromatic ring is 1. The molecule has 4 nitrogen and oxygen atoms in total. The first-order chi connectivity index (χ1) is 10.1. The van der Waals surface area contributed by atoms with Gasteiger partial charge < -0.3 is 10.6 Å². The predicted molar refractivity (Wildman–Crippen MR) is 92.2 cm³/mol. The third-order valence-electron chi connectivity index (χ3n) is 3.77. The monoisotopic (exact) mass is 322 g/mol. The van der Waals surface area contributed by atoms with E-state index in [9.17, 15) is 0 Å². The summed E-state index contributed by atoms with van der Waals surface area (Å²) in [6.07, 6.45) is 3.76. The van der Waals surface area contributed by atoms with Gasteiger partial charge in [0.25, 0.3) is 0 Å². The van der Waals surface area contributed by atoms with Gasteiger partial charge in [-0.05, 0) is 43.6 Å². The van der Waals surface area contributed by atoms with Gasteiger partial charge in [-0.2, -0.15) is 4.37 Å². The molecule has 2 heterocycles. The lowest BCUT2D eigenvalue weighted by Crippen LogP contribution is -2.27. The highest BCUT2D eigenvalue weighted by atomic mass is 32.1. The molecule has 0 unspecified atom stereocenters. The van der Waals surface area contributed by atoms with E-state index in [-0.39, 0.29) is 0 Å². The molecule has 0 radical (unpaired) electrons. The average Bonchev–Trinajstić information content (AvgIpc) is 3.07. The van der Waals surface area contributed by atoms with Gasteiger partial charge in [-0.15, -0.1) is 11.3 Å². The molecule has 6 heteroatoms. The Balaban J connectivity index is 1.93. The van der Waals surface area contributed by atoms with Gasteiger partial charge >= 0.3 is 0 Å². The summed E-state index contributed by atoms with van der Waals surface area (Å²) in [4.78, 5) is 7.12. The van der Waals surface area contributed by atoms with Crippen LogP contribution in [-0.2, 0) is 0 Å². The van der Waals surface area contributed by atoms with Crippen LogP contribution in [0.25, 0.3) is 11.3 Å². The van der Waals surface area contributed by atoms with Gasteiger partial charge in [0.15, 0.2) is 0 Å². The summed E-state index contributed by atoms with van der Waals surface area (Å²) in [5.74, 6) is 1.33. The van der Waals surface area contributed by atoms with Crippen molar-refractivity contribution in [1.29, 1.82) is 0 Å². The summed E-state index contributed by atoms with van der Waals surface area (Å²) >= 11 is 3.19. The second-order valence-corrected chi connectivity index (χ2v) is 7.92. The summed E-state index contributed by atoms with van der Waals surface area (Å²) in [5, 5.41) is 4.37. The summed E-state index contributed by atoms with van der Waals surface area (Å²) in [7, 11) is 0. The van der Waals surface area contributed by atoms with E-state index < -0.39 is 0 Å². The highest BCUT2D eigenvalue weighted by Gasteiger charge is 2.33. The van der Waals surface area contributed by atoms with E-state index >= 15 is 0 Å². The molecule has 114 valence electrons. The zero-order chi connectivity index (χ0) is 15.0. The van der Waals surface area contributed by atoms with E-state index in [0.717, 1.165) is 22.8 Å². The van der Waals surface area contributed by atoms with Crippen molar-refractivity contribution >= 4 is 33.7 Å². The van der Waals surface area contributed by atoms with Crippen molar-refractivity contribution in [3.8, 4) is 11.3 Å². The van der Waals surface area contributed by atoms with E-state index in [1.165, 1.54) is 35.8 Å². The van der Waals surface area contributed by atoms with Crippen molar-refractivity contribution in [3.63, 3.8) is 0 Å². The maximum atomic E-state index is 6.13. The average molecular weight is 323 g/mol. The molecule has 0 atom stereocenters. The maximum Gasteiger partial charge on any atom is 0.148 e. The first-order valence-electron chi connectivity index (χ1n) is 7.50. The fraction of sp³-hybridized carbons (Fsp3) is 0.600. The van der Waals surface area contributed by atoms with Crippen molar-refractivity contribution < 1.29 is 0 Å². The Morgan fingerprint density at radius 1 is 1.43 bits per heavy atom. The first-order valence-corrected chi connectivity index (χ1v) is 9.16. The van der Waals surface area contributed by atoms with E-state index in [2.05, 4.69) is 33.5 Å². The lowest BCUT2D eigenvalue weighted by Gasteiger charge is -2.24. The first kappa shape index (κ1) is 14.8. The molecule has 2 aromatic heterocycles. The van der Waals surface area contributed by atoms with Gasteiger partial charge in [-0.25, -0.2) is 4.98 Å². The molecular formula is C15H22N4S2. The minimum Gasteiger partial charge on any atom is -0.382 e. The second-order valence-electron chi connectivity index (χ2n) is 6.11. The van der Waals surface area contributed by atoms with Crippen LogP contribution in [0.5, 0.6) is 0 Å². The minimum absolute atomic E-state index is 0.621. The van der Waals surface area contributed by atoms with Crippen LogP contribution in [0.3, 0.4) is 0 Å².